The molecule has 4 rings (SSSR count). The van der Waals surface area contributed by atoms with Gasteiger partial charge in [0.05, 0.1) is 5.75 Å². The molecule has 41 heavy (non-hydrogen) atoms. The van der Waals surface area contributed by atoms with E-state index in [0.29, 0.717) is 18.5 Å². The van der Waals surface area contributed by atoms with Crippen LogP contribution in [0.3, 0.4) is 0 Å². The summed E-state index contributed by atoms with van der Waals surface area (Å²) in [6.45, 7) is 16.9. The highest BCUT2D eigenvalue weighted by molar-refractivity contribution is 7.85. The fourth-order valence-corrected chi connectivity index (χ4v) is 6.53. The first-order chi connectivity index (χ1) is 19.5. The van der Waals surface area contributed by atoms with Crippen LogP contribution in [-0.2, 0) is 10.1 Å². The van der Waals surface area contributed by atoms with Crippen molar-refractivity contribution in [3.63, 3.8) is 0 Å². The van der Waals surface area contributed by atoms with E-state index in [9.17, 15) is 8.42 Å². The van der Waals surface area contributed by atoms with E-state index in [0.717, 1.165) is 66.0 Å². The van der Waals surface area contributed by atoms with Gasteiger partial charge >= 0.3 is 0 Å². The number of anilines is 1. The zero-order chi connectivity index (χ0) is 29.8. The summed E-state index contributed by atoms with van der Waals surface area (Å²) >= 11 is 0. The minimum atomic E-state index is -3.98. The van der Waals surface area contributed by atoms with Crippen LogP contribution < -0.4 is 25.4 Å². The summed E-state index contributed by atoms with van der Waals surface area (Å²) in [5.41, 5.74) is 6.17. The van der Waals surface area contributed by atoms with Crippen LogP contribution in [0.5, 0.6) is 11.5 Å². The van der Waals surface area contributed by atoms with Crippen LogP contribution in [0.2, 0.25) is 0 Å². The number of hydrogen-bond acceptors (Lipinski definition) is 5. The van der Waals surface area contributed by atoms with Crippen LogP contribution in [0.1, 0.15) is 72.3 Å². The van der Waals surface area contributed by atoms with Gasteiger partial charge in [-0.1, -0.05) is 57.2 Å². The van der Waals surface area contributed by atoms with E-state index in [2.05, 4.69) is 100.0 Å². The second-order valence-electron chi connectivity index (χ2n) is 11.1. The lowest BCUT2D eigenvalue weighted by molar-refractivity contribution is 0.461. The van der Waals surface area contributed by atoms with Gasteiger partial charge in [0.25, 0.3) is 10.1 Å². The number of ether oxygens (including phenoxy) is 1. The molecule has 0 spiro atoms. The predicted octanol–water partition coefficient (Wildman–Crippen LogP) is 6.43. The summed E-state index contributed by atoms with van der Waals surface area (Å²) in [6.07, 6.45) is 10.1. The Hall–Kier alpha value is -3.29. The summed E-state index contributed by atoms with van der Waals surface area (Å²) in [6, 6.07) is 13.2. The highest BCUT2D eigenvalue weighted by Gasteiger charge is 2.34. The first-order valence-corrected chi connectivity index (χ1v) is 16.4. The molecule has 1 atom stereocenters. The zero-order valence-corrected chi connectivity index (χ0v) is 25.9. The van der Waals surface area contributed by atoms with Crippen molar-refractivity contribution in [1.82, 2.24) is 5.32 Å². The molecule has 2 aliphatic rings. The summed E-state index contributed by atoms with van der Waals surface area (Å²) in [4.78, 5) is 2.33. The highest BCUT2D eigenvalue weighted by Crippen LogP contribution is 2.47. The molecule has 0 saturated heterocycles. The molecular weight excluding hydrogens is 532 g/mol. The number of hydrogen-bond donors (Lipinski definition) is 2. The van der Waals surface area contributed by atoms with Crippen molar-refractivity contribution in [1.29, 1.82) is 0 Å². The number of benzene rings is 2. The third kappa shape index (κ3) is 6.96. The second kappa shape index (κ2) is 12.7. The van der Waals surface area contributed by atoms with Gasteiger partial charge in [-0.15, -0.1) is 0 Å². The number of rotatable bonds is 12. The van der Waals surface area contributed by atoms with E-state index in [1.165, 1.54) is 16.4 Å². The van der Waals surface area contributed by atoms with Crippen molar-refractivity contribution in [2.75, 3.05) is 23.7 Å². The maximum Gasteiger partial charge on any atom is 0.264 e. The van der Waals surface area contributed by atoms with Gasteiger partial charge in [0, 0.05) is 52.4 Å². The predicted molar refractivity (Wildman–Crippen MR) is 170 cm³/mol. The molecular formula is C34H44N2O4S. The van der Waals surface area contributed by atoms with Gasteiger partial charge in [-0.2, -0.15) is 8.42 Å². The topological polar surface area (TPSA) is 78.9 Å². The summed E-state index contributed by atoms with van der Waals surface area (Å²) in [5, 5.41) is 5.70. The quantitative estimate of drug-likeness (QED) is 0.284. The first kappa shape index (κ1) is 30.7. The smallest absolute Gasteiger partial charge is 0.264 e. The highest BCUT2D eigenvalue weighted by atomic mass is 32.2. The van der Waals surface area contributed by atoms with Gasteiger partial charge in [-0.25, -0.2) is 0 Å². The lowest BCUT2D eigenvalue weighted by Gasteiger charge is -2.35. The summed E-state index contributed by atoms with van der Waals surface area (Å²) in [5.74, 6) is 1.48. The molecule has 0 bridgehead atoms. The largest absolute Gasteiger partial charge is 0.456 e. The summed E-state index contributed by atoms with van der Waals surface area (Å²) < 4.78 is 38.0. The van der Waals surface area contributed by atoms with Gasteiger partial charge < -0.3 is 15.0 Å². The van der Waals surface area contributed by atoms with Crippen molar-refractivity contribution < 1.29 is 17.7 Å². The number of fused-ring (bicyclic) bond motifs is 2. The molecule has 1 heterocycles. The first-order valence-electron chi connectivity index (χ1n) is 14.7. The molecule has 2 aromatic carbocycles. The van der Waals surface area contributed by atoms with E-state index in [1.807, 2.05) is 6.08 Å². The monoisotopic (exact) mass is 576 g/mol. The second-order valence-corrected chi connectivity index (χ2v) is 12.7. The number of allylic oxidation sites excluding steroid dienone is 4. The minimum Gasteiger partial charge on any atom is -0.456 e. The molecule has 6 nitrogen and oxygen atoms in total. The Morgan fingerprint density at radius 1 is 1.07 bits per heavy atom. The van der Waals surface area contributed by atoms with Gasteiger partial charge in [0.15, 0.2) is 0 Å². The average molecular weight is 577 g/mol. The molecule has 1 aliphatic carbocycles. The van der Waals surface area contributed by atoms with Gasteiger partial charge in [0.1, 0.15) is 11.5 Å². The van der Waals surface area contributed by atoms with Crippen LogP contribution in [-0.4, -0.2) is 31.8 Å². The van der Waals surface area contributed by atoms with Crippen molar-refractivity contribution in [3.8, 4) is 11.5 Å². The normalized spacial score (nSPS) is 17.7. The summed E-state index contributed by atoms with van der Waals surface area (Å²) in [7, 11) is -3.98. The molecule has 2 aromatic rings. The van der Waals surface area contributed by atoms with Crippen molar-refractivity contribution in [2.24, 2.45) is 5.41 Å². The van der Waals surface area contributed by atoms with E-state index in [1.54, 1.807) is 0 Å². The number of nitrogens with one attached hydrogen (secondary N) is 1. The molecule has 0 aromatic heterocycles. The Kier molecular flexibility index (Phi) is 9.50. The standard InChI is InChI=1S/C34H44N2O4S/c1-7-25(8-2)26-15-17-29-31(21-26)40-32-22-28(36(9-3)10-4)16-18-30(32)33(29)34(6)19-11-14-27(23-34)35-24(5)13-12-20-41(37,38)39/h11,14-18,21-23,35H,5,7-10,12-13,19-20H2,1-4,6H3,(H,37,38,39). The fraction of sp³-hybridized carbons (Fsp3) is 0.412. The average Bonchev–Trinajstić information content (AvgIpc) is 2.92. The third-order valence-electron chi connectivity index (χ3n) is 8.18. The van der Waals surface area contributed by atoms with Gasteiger partial charge in [-0.05, 0) is 81.0 Å². The van der Waals surface area contributed by atoms with E-state index >= 15 is 0 Å². The Labute approximate surface area is 245 Å². The Balaban J connectivity index is 1.82. The third-order valence-corrected chi connectivity index (χ3v) is 8.99. The van der Waals surface area contributed by atoms with Crippen molar-refractivity contribution in [3.05, 3.63) is 88.6 Å². The van der Waals surface area contributed by atoms with Crippen LogP contribution in [0, 0.1) is 5.41 Å². The molecule has 2 N–H and O–H groups in total. The lowest BCUT2D eigenvalue weighted by atomic mass is 9.71. The van der Waals surface area contributed by atoms with Crippen LogP contribution in [0.25, 0.3) is 11.1 Å². The molecule has 220 valence electrons. The lowest BCUT2D eigenvalue weighted by Crippen LogP contribution is -2.30. The van der Waals surface area contributed by atoms with Crippen molar-refractivity contribution in [2.45, 2.75) is 66.7 Å². The van der Waals surface area contributed by atoms with E-state index < -0.39 is 10.1 Å². The zero-order valence-electron chi connectivity index (χ0n) is 25.1. The molecule has 0 radical (unpaired) electrons. The van der Waals surface area contributed by atoms with Crippen LogP contribution >= 0.6 is 0 Å². The maximum atomic E-state index is 11.1. The molecule has 1 unspecified atom stereocenters. The minimum absolute atomic E-state index is 0.279. The molecule has 1 aliphatic heterocycles. The number of nitrogens with zero attached hydrogens (tertiary/aromatic N) is 1. The van der Waals surface area contributed by atoms with Crippen LogP contribution in [0.4, 0.5) is 5.69 Å². The maximum absolute atomic E-state index is 11.1. The van der Waals surface area contributed by atoms with Gasteiger partial charge in [0.2, 0.25) is 0 Å². The SMILES string of the molecule is C=C(CCCS(=O)(=O)O)NC1=CC(C)(C2=c3ccc(=C(CC)CC)cc3Oc3cc(N(CC)CC)ccc32)CC=C1. The van der Waals surface area contributed by atoms with E-state index in [-0.39, 0.29) is 11.2 Å². The Morgan fingerprint density at radius 3 is 2.46 bits per heavy atom. The molecule has 7 heteroatoms. The Bertz CT molecular complexity index is 1590. The molecule has 0 saturated carbocycles. The van der Waals surface area contributed by atoms with Gasteiger partial charge in [-0.3, -0.25) is 4.55 Å². The Morgan fingerprint density at radius 2 is 1.80 bits per heavy atom. The van der Waals surface area contributed by atoms with E-state index in [4.69, 9.17) is 9.29 Å². The molecule has 0 fully saturated rings. The van der Waals surface area contributed by atoms with Crippen molar-refractivity contribution >= 4 is 27.0 Å². The molecule has 0 amide bonds. The van der Waals surface area contributed by atoms with Crippen LogP contribution in [0.15, 0.2) is 72.6 Å². The fourth-order valence-electron chi connectivity index (χ4n) is 6.03.